The fraction of sp³-hybridized carbons (Fsp3) is 0.526. The lowest BCUT2D eigenvalue weighted by Gasteiger charge is -2.42. The first kappa shape index (κ1) is 20.1. The van der Waals surface area contributed by atoms with Gasteiger partial charge in [-0.15, -0.1) is 0 Å². The molecule has 1 atom stereocenters. The first-order valence-electron chi connectivity index (χ1n) is 9.17. The highest BCUT2D eigenvalue weighted by Gasteiger charge is 2.40. The molecule has 0 spiro atoms. The van der Waals surface area contributed by atoms with E-state index in [2.05, 4.69) is 0 Å². The highest BCUT2D eigenvalue weighted by atomic mass is 19.4. The van der Waals surface area contributed by atoms with E-state index in [1.807, 2.05) is 11.0 Å². The van der Waals surface area contributed by atoms with Crippen molar-refractivity contribution in [2.24, 2.45) is 0 Å². The van der Waals surface area contributed by atoms with Crippen LogP contribution in [0.15, 0.2) is 24.3 Å². The maximum absolute atomic E-state index is 12.7. The lowest BCUT2D eigenvalue weighted by molar-refractivity contribution is -0.168. The van der Waals surface area contributed by atoms with Crippen molar-refractivity contribution in [3.8, 4) is 6.07 Å². The predicted octanol–water partition coefficient (Wildman–Crippen LogP) is 1.87. The molecule has 2 saturated heterocycles. The number of hydrogen-bond acceptors (Lipinski definition) is 4. The van der Waals surface area contributed by atoms with Crippen LogP contribution in [0.2, 0.25) is 0 Å². The molecular weight excluding hydrogens is 373 g/mol. The van der Waals surface area contributed by atoms with Crippen molar-refractivity contribution in [3.63, 3.8) is 0 Å². The number of rotatable bonds is 3. The second kappa shape index (κ2) is 8.19. The number of likely N-dealkylation sites (tertiary alicyclic amines) is 1. The Hall–Kier alpha value is -2.60. The Kier molecular flexibility index (Phi) is 5.89. The molecule has 0 radical (unpaired) electrons. The Bertz CT molecular complexity index is 782. The summed E-state index contributed by atoms with van der Waals surface area (Å²) in [5.74, 6) is -0.671. The molecule has 0 aromatic heterocycles. The smallest absolute Gasteiger partial charge is 0.336 e. The second-order valence-corrected chi connectivity index (χ2v) is 7.05. The van der Waals surface area contributed by atoms with E-state index in [0.29, 0.717) is 50.1 Å². The van der Waals surface area contributed by atoms with Crippen molar-refractivity contribution >= 4 is 11.8 Å². The molecule has 28 heavy (non-hydrogen) atoms. The van der Waals surface area contributed by atoms with Gasteiger partial charge in [-0.2, -0.15) is 18.4 Å². The van der Waals surface area contributed by atoms with Gasteiger partial charge in [-0.25, -0.2) is 0 Å². The van der Waals surface area contributed by atoms with Crippen molar-refractivity contribution in [2.45, 2.75) is 25.1 Å². The summed E-state index contributed by atoms with van der Waals surface area (Å²) in [6.45, 7) is 0.551. The maximum Gasteiger partial charge on any atom is 0.406 e. The van der Waals surface area contributed by atoms with Gasteiger partial charge in [-0.05, 0) is 31.0 Å². The normalized spacial score (nSPS) is 21.5. The Morgan fingerprint density at radius 3 is 2.54 bits per heavy atom. The molecule has 9 heteroatoms. The minimum absolute atomic E-state index is 0.128. The molecule has 1 aromatic carbocycles. The van der Waals surface area contributed by atoms with E-state index in [0.717, 1.165) is 4.90 Å². The molecule has 2 aliphatic heterocycles. The van der Waals surface area contributed by atoms with Gasteiger partial charge in [0.25, 0.3) is 5.91 Å². The Labute approximate surface area is 161 Å². The second-order valence-electron chi connectivity index (χ2n) is 7.05. The number of amides is 2. The fourth-order valence-electron chi connectivity index (χ4n) is 3.77. The van der Waals surface area contributed by atoms with E-state index in [1.165, 1.54) is 6.07 Å². The summed E-state index contributed by atoms with van der Waals surface area (Å²) < 4.78 is 38.0. The molecule has 6 nitrogen and oxygen atoms in total. The number of piperazine rings is 1. The summed E-state index contributed by atoms with van der Waals surface area (Å²) in [5, 5.41) is 8.96. The first-order chi connectivity index (χ1) is 13.3. The van der Waals surface area contributed by atoms with Crippen LogP contribution in [-0.4, -0.2) is 78.0 Å². The number of nitrogens with zero attached hydrogens (tertiary/aromatic N) is 4. The molecule has 0 aliphatic carbocycles. The van der Waals surface area contributed by atoms with Crippen molar-refractivity contribution in [2.75, 3.05) is 39.3 Å². The van der Waals surface area contributed by atoms with Crippen LogP contribution in [0.3, 0.4) is 0 Å². The van der Waals surface area contributed by atoms with E-state index in [-0.39, 0.29) is 12.5 Å². The highest BCUT2D eigenvalue weighted by Crippen LogP contribution is 2.24. The van der Waals surface area contributed by atoms with Gasteiger partial charge < -0.3 is 9.80 Å². The molecule has 2 fully saturated rings. The van der Waals surface area contributed by atoms with Crippen LogP contribution in [0, 0.1) is 11.3 Å². The number of nitriles is 1. The SMILES string of the molecule is N#Cc1cccc(C(=O)N2CCN(C3CCCN(CC(F)(F)F)C3=O)CC2)c1. The molecule has 0 saturated carbocycles. The van der Waals surface area contributed by atoms with Gasteiger partial charge in [-0.3, -0.25) is 14.5 Å². The minimum atomic E-state index is -4.40. The van der Waals surface area contributed by atoms with Crippen LogP contribution in [-0.2, 0) is 4.79 Å². The Morgan fingerprint density at radius 1 is 1.18 bits per heavy atom. The molecule has 2 aliphatic rings. The fourth-order valence-corrected chi connectivity index (χ4v) is 3.77. The molecule has 0 bridgehead atoms. The number of benzene rings is 1. The van der Waals surface area contributed by atoms with Gasteiger partial charge in [0, 0.05) is 38.3 Å². The lowest BCUT2D eigenvalue weighted by atomic mass is 10.0. The maximum atomic E-state index is 12.7. The van der Waals surface area contributed by atoms with Crippen molar-refractivity contribution in [1.29, 1.82) is 5.26 Å². The topological polar surface area (TPSA) is 67.7 Å². The van der Waals surface area contributed by atoms with Crippen molar-refractivity contribution in [1.82, 2.24) is 14.7 Å². The monoisotopic (exact) mass is 394 g/mol. The van der Waals surface area contributed by atoms with Crippen LogP contribution >= 0.6 is 0 Å². The third kappa shape index (κ3) is 4.62. The average molecular weight is 394 g/mol. The third-order valence-corrected chi connectivity index (χ3v) is 5.15. The number of alkyl halides is 3. The van der Waals surface area contributed by atoms with Gasteiger partial charge in [0.2, 0.25) is 5.91 Å². The number of carbonyl (C=O) groups is 2. The zero-order valence-electron chi connectivity index (χ0n) is 15.3. The quantitative estimate of drug-likeness (QED) is 0.785. The zero-order valence-corrected chi connectivity index (χ0v) is 15.3. The molecule has 150 valence electrons. The molecule has 0 N–H and O–H groups in total. The van der Waals surface area contributed by atoms with Crippen molar-refractivity contribution in [3.05, 3.63) is 35.4 Å². The van der Waals surface area contributed by atoms with Gasteiger partial charge >= 0.3 is 6.18 Å². The van der Waals surface area contributed by atoms with Crippen LogP contribution in [0.5, 0.6) is 0 Å². The highest BCUT2D eigenvalue weighted by molar-refractivity contribution is 5.94. The number of hydrogen-bond donors (Lipinski definition) is 0. The predicted molar refractivity (Wildman–Crippen MR) is 94.3 cm³/mol. The first-order valence-corrected chi connectivity index (χ1v) is 9.17. The summed E-state index contributed by atoms with van der Waals surface area (Å²) >= 11 is 0. The van der Waals surface area contributed by atoms with E-state index in [1.54, 1.807) is 23.1 Å². The van der Waals surface area contributed by atoms with Gasteiger partial charge in [0.15, 0.2) is 0 Å². The molecule has 1 aromatic rings. The molecule has 1 unspecified atom stereocenters. The molecular formula is C19H21F3N4O2. The van der Waals surface area contributed by atoms with E-state index in [4.69, 9.17) is 5.26 Å². The van der Waals surface area contributed by atoms with Gasteiger partial charge in [0.1, 0.15) is 6.54 Å². The van der Waals surface area contributed by atoms with Crippen LogP contribution < -0.4 is 0 Å². The Balaban J connectivity index is 1.59. The number of carbonyl (C=O) groups excluding carboxylic acids is 2. The number of piperidine rings is 1. The average Bonchev–Trinajstić information content (AvgIpc) is 2.68. The summed E-state index contributed by atoms with van der Waals surface area (Å²) in [6, 6.07) is 7.90. The third-order valence-electron chi connectivity index (χ3n) is 5.15. The Morgan fingerprint density at radius 2 is 1.89 bits per heavy atom. The summed E-state index contributed by atoms with van der Waals surface area (Å²) in [4.78, 5) is 29.5. The largest absolute Gasteiger partial charge is 0.406 e. The standard InChI is InChI=1S/C19H21F3N4O2/c20-19(21,22)13-26-6-2-5-16(18(26)28)24-7-9-25(10-8-24)17(27)15-4-1-3-14(11-15)12-23/h1,3-4,11,16H,2,5-10,13H2. The summed E-state index contributed by atoms with van der Waals surface area (Å²) in [7, 11) is 0. The summed E-state index contributed by atoms with van der Waals surface area (Å²) in [6.07, 6.45) is -3.33. The lowest BCUT2D eigenvalue weighted by Crippen LogP contribution is -2.59. The van der Waals surface area contributed by atoms with Crippen LogP contribution in [0.25, 0.3) is 0 Å². The number of halogens is 3. The summed E-state index contributed by atoms with van der Waals surface area (Å²) in [5.41, 5.74) is 0.833. The van der Waals surface area contributed by atoms with Gasteiger partial charge in [-0.1, -0.05) is 6.07 Å². The minimum Gasteiger partial charge on any atom is -0.336 e. The van der Waals surface area contributed by atoms with E-state index >= 15 is 0 Å². The zero-order chi connectivity index (χ0) is 20.3. The van der Waals surface area contributed by atoms with E-state index in [9.17, 15) is 22.8 Å². The van der Waals surface area contributed by atoms with Crippen LogP contribution in [0.4, 0.5) is 13.2 Å². The van der Waals surface area contributed by atoms with Crippen LogP contribution in [0.1, 0.15) is 28.8 Å². The molecule has 2 amide bonds. The van der Waals surface area contributed by atoms with Gasteiger partial charge in [0.05, 0.1) is 17.7 Å². The van der Waals surface area contributed by atoms with E-state index < -0.39 is 24.7 Å². The molecule has 3 rings (SSSR count). The van der Waals surface area contributed by atoms with Crippen molar-refractivity contribution < 1.29 is 22.8 Å². The molecule has 2 heterocycles.